The molecule has 138 valence electrons. The van der Waals surface area contributed by atoms with Crippen LogP contribution in [0.4, 0.5) is 0 Å². The van der Waals surface area contributed by atoms with E-state index >= 15 is 0 Å². The molecule has 1 heterocycles. The van der Waals surface area contributed by atoms with E-state index in [0.29, 0.717) is 28.6 Å². The van der Waals surface area contributed by atoms with Crippen LogP contribution in [0.15, 0.2) is 36.4 Å². The van der Waals surface area contributed by atoms with Gasteiger partial charge in [-0.2, -0.15) is 0 Å². The molecule has 0 aliphatic heterocycles. The van der Waals surface area contributed by atoms with Gasteiger partial charge in [0.25, 0.3) is 0 Å². The van der Waals surface area contributed by atoms with Gasteiger partial charge in [0.2, 0.25) is 5.75 Å². The summed E-state index contributed by atoms with van der Waals surface area (Å²) in [6, 6.07) is 11.5. The Bertz CT molecular complexity index is 892. The predicted octanol–water partition coefficient (Wildman–Crippen LogP) is 3.72. The summed E-state index contributed by atoms with van der Waals surface area (Å²) < 4.78 is 18.2. The fraction of sp³-hybridized carbons (Fsp3) is 0.350. The molecule has 0 fully saturated rings. The summed E-state index contributed by atoms with van der Waals surface area (Å²) >= 11 is 0. The number of rotatable bonds is 6. The Morgan fingerprint density at radius 1 is 0.962 bits per heavy atom. The minimum absolute atomic E-state index is 0.147. The summed E-state index contributed by atoms with van der Waals surface area (Å²) in [5.74, 6) is 2.06. The molecule has 0 radical (unpaired) electrons. The molecule has 0 aliphatic rings. The van der Waals surface area contributed by atoms with Crippen molar-refractivity contribution >= 4 is 11.0 Å². The predicted molar refractivity (Wildman–Crippen MR) is 100 cm³/mol. The van der Waals surface area contributed by atoms with E-state index in [2.05, 4.69) is 18.8 Å². The highest BCUT2D eigenvalue weighted by atomic mass is 16.5. The monoisotopic (exact) mass is 356 g/mol. The third-order valence-corrected chi connectivity index (χ3v) is 4.39. The third-order valence-electron chi connectivity index (χ3n) is 4.39. The number of nitrogens with zero attached hydrogens (tertiary/aromatic N) is 2. The van der Waals surface area contributed by atoms with Crippen molar-refractivity contribution < 1.29 is 19.3 Å². The van der Waals surface area contributed by atoms with Crippen LogP contribution in [0.3, 0.4) is 0 Å². The Kier molecular flexibility index (Phi) is 5.04. The highest BCUT2D eigenvalue weighted by molar-refractivity contribution is 5.76. The molecule has 2 aromatic carbocycles. The molecule has 1 N–H and O–H groups in total. The summed E-state index contributed by atoms with van der Waals surface area (Å²) in [6.45, 7) is 4.14. The normalized spacial score (nSPS) is 12.4. The lowest BCUT2D eigenvalue weighted by atomic mass is 10.1. The maximum atomic E-state index is 11.1. The average molecular weight is 356 g/mol. The Hall–Kier alpha value is -2.73. The maximum absolute atomic E-state index is 11.1. The minimum Gasteiger partial charge on any atom is -0.493 e. The minimum atomic E-state index is -0.932. The van der Waals surface area contributed by atoms with E-state index in [4.69, 9.17) is 14.2 Å². The van der Waals surface area contributed by atoms with E-state index < -0.39 is 6.10 Å². The van der Waals surface area contributed by atoms with Gasteiger partial charge >= 0.3 is 0 Å². The lowest BCUT2D eigenvalue weighted by Crippen LogP contribution is -2.12. The molecule has 6 nitrogen and oxygen atoms in total. The molecule has 0 bridgehead atoms. The van der Waals surface area contributed by atoms with Gasteiger partial charge < -0.3 is 23.9 Å². The first-order valence-corrected chi connectivity index (χ1v) is 8.46. The van der Waals surface area contributed by atoms with Gasteiger partial charge in [-0.25, -0.2) is 4.98 Å². The first kappa shape index (κ1) is 18.1. The van der Waals surface area contributed by atoms with Crippen LogP contribution in [0.5, 0.6) is 17.2 Å². The Morgan fingerprint density at radius 3 is 2.12 bits per heavy atom. The smallest absolute Gasteiger partial charge is 0.203 e. The maximum Gasteiger partial charge on any atom is 0.203 e. The van der Waals surface area contributed by atoms with Crippen LogP contribution < -0.4 is 14.2 Å². The SMILES string of the molecule is COc1cc([C@H](O)c2nc3ccccc3n2C(C)C)cc(OC)c1OC. The van der Waals surface area contributed by atoms with Crippen LogP contribution in [0.1, 0.15) is 37.4 Å². The molecule has 3 aromatic rings. The van der Waals surface area contributed by atoms with Gasteiger partial charge in [0.05, 0.1) is 32.4 Å². The average Bonchev–Trinajstić information content (AvgIpc) is 3.05. The van der Waals surface area contributed by atoms with Gasteiger partial charge in [-0.1, -0.05) is 12.1 Å². The van der Waals surface area contributed by atoms with Crippen molar-refractivity contribution in [3.63, 3.8) is 0 Å². The lowest BCUT2D eigenvalue weighted by Gasteiger charge is -2.19. The molecule has 1 aromatic heterocycles. The van der Waals surface area contributed by atoms with E-state index in [1.165, 1.54) is 0 Å². The molecular weight excluding hydrogens is 332 g/mol. The van der Waals surface area contributed by atoms with Gasteiger partial charge in [0, 0.05) is 6.04 Å². The number of aliphatic hydroxyl groups is 1. The molecule has 0 amide bonds. The number of aromatic nitrogens is 2. The Labute approximate surface area is 152 Å². The van der Waals surface area contributed by atoms with Crippen LogP contribution in [-0.2, 0) is 0 Å². The zero-order valence-corrected chi connectivity index (χ0v) is 15.7. The molecule has 0 spiro atoms. The Balaban J connectivity index is 2.17. The van der Waals surface area contributed by atoms with E-state index in [1.54, 1.807) is 33.5 Å². The molecule has 0 aliphatic carbocycles. The summed E-state index contributed by atoms with van der Waals surface area (Å²) in [7, 11) is 4.66. The van der Waals surface area contributed by atoms with E-state index in [9.17, 15) is 5.11 Å². The highest BCUT2D eigenvalue weighted by Gasteiger charge is 2.24. The van der Waals surface area contributed by atoms with Crippen LogP contribution in [-0.4, -0.2) is 36.0 Å². The molecule has 0 saturated carbocycles. The van der Waals surface area contributed by atoms with Crippen molar-refractivity contribution in [1.29, 1.82) is 0 Å². The third kappa shape index (κ3) is 2.97. The van der Waals surface area contributed by atoms with Crippen LogP contribution in [0, 0.1) is 0 Å². The lowest BCUT2D eigenvalue weighted by molar-refractivity contribution is 0.202. The number of methoxy groups -OCH3 is 3. The van der Waals surface area contributed by atoms with Crippen LogP contribution in [0.2, 0.25) is 0 Å². The van der Waals surface area contributed by atoms with Crippen molar-refractivity contribution in [1.82, 2.24) is 9.55 Å². The highest BCUT2D eigenvalue weighted by Crippen LogP contribution is 2.41. The molecule has 3 rings (SSSR count). The van der Waals surface area contributed by atoms with Gasteiger partial charge in [0.1, 0.15) is 11.9 Å². The van der Waals surface area contributed by atoms with Crippen molar-refractivity contribution in [2.24, 2.45) is 0 Å². The molecule has 26 heavy (non-hydrogen) atoms. The van der Waals surface area contributed by atoms with Gasteiger partial charge in [-0.3, -0.25) is 0 Å². The standard InChI is InChI=1S/C20H24N2O4/c1-12(2)22-15-9-7-6-8-14(15)21-20(22)18(23)13-10-16(24-3)19(26-5)17(11-13)25-4/h6-12,18,23H,1-5H3/t18-/m0/s1. The van der Waals surface area contributed by atoms with Crippen LogP contribution in [0.25, 0.3) is 11.0 Å². The number of para-hydroxylation sites is 2. The largest absolute Gasteiger partial charge is 0.493 e. The number of hydrogen-bond acceptors (Lipinski definition) is 5. The number of aliphatic hydroxyl groups excluding tert-OH is 1. The van der Waals surface area contributed by atoms with Crippen LogP contribution >= 0.6 is 0 Å². The second-order valence-corrected chi connectivity index (χ2v) is 6.28. The zero-order chi connectivity index (χ0) is 18.8. The fourth-order valence-corrected chi connectivity index (χ4v) is 3.21. The van der Waals surface area contributed by atoms with Crippen molar-refractivity contribution in [2.75, 3.05) is 21.3 Å². The summed E-state index contributed by atoms with van der Waals surface area (Å²) in [5.41, 5.74) is 2.46. The second kappa shape index (κ2) is 7.25. The quantitative estimate of drug-likeness (QED) is 0.729. The molecule has 0 unspecified atom stereocenters. The summed E-state index contributed by atoms with van der Waals surface area (Å²) in [4.78, 5) is 4.66. The number of hydrogen-bond donors (Lipinski definition) is 1. The number of fused-ring (bicyclic) bond motifs is 1. The van der Waals surface area contributed by atoms with Gasteiger partial charge in [-0.05, 0) is 43.7 Å². The van der Waals surface area contributed by atoms with Gasteiger partial charge in [-0.15, -0.1) is 0 Å². The first-order valence-electron chi connectivity index (χ1n) is 8.46. The number of ether oxygens (including phenoxy) is 3. The molecule has 6 heteroatoms. The number of benzene rings is 2. The summed E-state index contributed by atoms with van der Waals surface area (Å²) in [6.07, 6.45) is -0.932. The topological polar surface area (TPSA) is 65.7 Å². The van der Waals surface area contributed by atoms with E-state index in [0.717, 1.165) is 11.0 Å². The van der Waals surface area contributed by atoms with Crippen molar-refractivity contribution in [2.45, 2.75) is 26.0 Å². The van der Waals surface area contributed by atoms with Gasteiger partial charge in [0.15, 0.2) is 11.5 Å². The number of imidazole rings is 1. The summed E-state index contributed by atoms with van der Waals surface area (Å²) in [5, 5.41) is 11.1. The molecule has 1 atom stereocenters. The first-order chi connectivity index (χ1) is 12.5. The van der Waals surface area contributed by atoms with Crippen molar-refractivity contribution in [3.05, 3.63) is 47.8 Å². The van der Waals surface area contributed by atoms with E-state index in [1.807, 2.05) is 28.8 Å². The second-order valence-electron chi connectivity index (χ2n) is 6.28. The fourth-order valence-electron chi connectivity index (χ4n) is 3.21. The van der Waals surface area contributed by atoms with E-state index in [-0.39, 0.29) is 6.04 Å². The molecule has 0 saturated heterocycles. The molecular formula is C20H24N2O4. The van der Waals surface area contributed by atoms with Crippen molar-refractivity contribution in [3.8, 4) is 17.2 Å². The Morgan fingerprint density at radius 2 is 1.58 bits per heavy atom. The zero-order valence-electron chi connectivity index (χ0n) is 15.7.